The fourth-order valence-corrected chi connectivity index (χ4v) is 6.90. The monoisotopic (exact) mass is 1110 g/mol. The highest BCUT2D eigenvalue weighted by atomic mass is 16.6. The number of alkyl carbamates (subject to hydrolysis) is 4. The summed E-state index contributed by atoms with van der Waals surface area (Å²) in [6.45, 7) is 25.3. The van der Waals surface area contributed by atoms with Crippen LogP contribution in [0, 0.1) is 0 Å². The summed E-state index contributed by atoms with van der Waals surface area (Å²) >= 11 is 0. The Bertz CT molecular complexity index is 2050. The number of hydrogen-bond donors (Lipinski definition) is 8. The number of unbranched alkanes of at least 4 members (excludes halogenated alkanes) is 3. The number of benzene rings is 2. The van der Waals surface area contributed by atoms with Gasteiger partial charge in [-0.3, -0.25) is 14.4 Å². The van der Waals surface area contributed by atoms with Crippen LogP contribution < -0.4 is 43.0 Å². The van der Waals surface area contributed by atoms with E-state index in [-0.39, 0.29) is 24.7 Å². The molecule has 0 bridgehead atoms. The zero-order valence-corrected chi connectivity index (χ0v) is 49.5. The Morgan fingerprint density at radius 1 is 0.392 bits per heavy atom. The maximum Gasteiger partial charge on any atom is 0.408 e. The minimum Gasteiger partial charge on any atom is -0.444 e. The van der Waals surface area contributed by atoms with Crippen LogP contribution in [0.4, 0.5) is 19.2 Å². The largest absolute Gasteiger partial charge is 0.444 e. The first-order valence-electron chi connectivity index (χ1n) is 27.8. The van der Waals surface area contributed by atoms with Crippen LogP contribution in [-0.4, -0.2) is 129 Å². The molecule has 448 valence electrons. The normalized spacial score (nSPS) is 12.7. The molecule has 21 heteroatoms. The van der Waals surface area contributed by atoms with E-state index in [9.17, 15) is 33.6 Å². The van der Waals surface area contributed by atoms with Crippen LogP contribution in [0.1, 0.15) is 165 Å². The van der Waals surface area contributed by atoms with Crippen molar-refractivity contribution in [1.29, 1.82) is 0 Å². The second-order valence-electron chi connectivity index (χ2n) is 23.0. The summed E-state index contributed by atoms with van der Waals surface area (Å²) in [6.07, 6.45) is 3.67. The van der Waals surface area contributed by atoms with Crippen LogP contribution in [0.5, 0.6) is 0 Å². The molecule has 0 unspecified atom stereocenters. The van der Waals surface area contributed by atoms with E-state index in [1.54, 1.807) is 62.3 Å². The lowest BCUT2D eigenvalue weighted by Crippen LogP contribution is -2.54. The molecular weight excluding hydrogens is 1020 g/mol. The van der Waals surface area contributed by atoms with Gasteiger partial charge in [0.15, 0.2) is 0 Å². The Balaban J connectivity index is 0.000000936. The summed E-state index contributed by atoms with van der Waals surface area (Å²) in [5.74, 6) is -1.06. The Morgan fingerprint density at radius 2 is 0.722 bits per heavy atom. The number of amides is 7. The summed E-state index contributed by atoms with van der Waals surface area (Å²) in [4.78, 5) is 87.1. The highest BCUT2D eigenvalue weighted by Crippen LogP contribution is 2.13. The van der Waals surface area contributed by atoms with E-state index >= 15 is 0 Å². The van der Waals surface area contributed by atoms with Gasteiger partial charge in [-0.05, 0) is 165 Å². The number of hydrogen-bond acceptors (Lipinski definition) is 14. The van der Waals surface area contributed by atoms with Crippen LogP contribution in [0.25, 0.3) is 0 Å². The minimum absolute atomic E-state index is 0.150. The molecule has 0 fully saturated rings. The van der Waals surface area contributed by atoms with Crippen molar-refractivity contribution < 1.29 is 62.0 Å². The Hall–Kier alpha value is -6.19. The number of nitrogens with one attached hydrogen (secondary N) is 7. The van der Waals surface area contributed by atoms with E-state index in [4.69, 9.17) is 34.2 Å². The van der Waals surface area contributed by atoms with E-state index in [2.05, 4.69) is 37.2 Å². The molecule has 9 N–H and O–H groups in total. The average Bonchev–Trinajstić information content (AvgIpc) is 3.33. The van der Waals surface area contributed by atoms with Gasteiger partial charge in [0.2, 0.25) is 17.7 Å². The summed E-state index contributed by atoms with van der Waals surface area (Å²) in [6, 6.07) is 17.3. The molecule has 0 aromatic heterocycles. The van der Waals surface area contributed by atoms with Crippen LogP contribution in [0.15, 0.2) is 60.7 Å². The standard InChI is InChI=1S/C37H63N5O9.C21H35N3O4/c1-35(2,3)49-32(45)39-22-15-13-20-28(30(43)38-24-17-25-48-26-27-18-11-10-12-19-27)41-31(44)29(42-34(47)51-37(7,8)9)21-14-16-23-40-33(46)50-36(4,5)6;1-21(2,3)28-20(26)24-13-8-7-12-18(22)19(25)23-14-9-15-27-16-17-10-5-4-6-11-17/h10-12,18-19,28-29H,13-17,20-26H2,1-9H3,(H,38,43)(H,39,45)(H,40,46)(H,41,44)(H,42,47);4-6,10-11,18H,7-9,12-16,22H2,1-3H3,(H,23,25)(H,24,26)/t28-,29+;18-/m11/s1. The van der Waals surface area contributed by atoms with Crippen LogP contribution >= 0.6 is 0 Å². The van der Waals surface area contributed by atoms with Gasteiger partial charge in [0.25, 0.3) is 0 Å². The van der Waals surface area contributed by atoms with Crippen molar-refractivity contribution in [2.75, 3.05) is 45.9 Å². The first-order valence-corrected chi connectivity index (χ1v) is 27.8. The van der Waals surface area contributed by atoms with Crippen LogP contribution in [-0.2, 0) is 56.0 Å². The van der Waals surface area contributed by atoms with Gasteiger partial charge < -0.3 is 71.4 Å². The lowest BCUT2D eigenvalue weighted by molar-refractivity contribution is -0.130. The summed E-state index contributed by atoms with van der Waals surface area (Å²) in [5.41, 5.74) is 5.55. The van der Waals surface area contributed by atoms with Gasteiger partial charge in [0.05, 0.1) is 19.3 Å². The lowest BCUT2D eigenvalue weighted by atomic mass is 10.1. The van der Waals surface area contributed by atoms with Crippen molar-refractivity contribution in [3.63, 3.8) is 0 Å². The molecule has 0 aliphatic carbocycles. The maximum absolute atomic E-state index is 13.6. The van der Waals surface area contributed by atoms with Gasteiger partial charge in [0.1, 0.15) is 34.5 Å². The predicted octanol–water partition coefficient (Wildman–Crippen LogP) is 8.21. The molecule has 0 aliphatic rings. The number of rotatable bonds is 32. The fraction of sp³-hybridized carbons (Fsp3) is 0.672. The van der Waals surface area contributed by atoms with E-state index in [0.717, 1.165) is 30.4 Å². The van der Waals surface area contributed by atoms with Crippen molar-refractivity contribution in [3.05, 3.63) is 71.8 Å². The molecule has 2 aromatic rings. The molecule has 3 atom stereocenters. The molecular formula is C58H98N8O13. The molecule has 0 saturated heterocycles. The first-order chi connectivity index (χ1) is 37.0. The third-order valence-electron chi connectivity index (χ3n) is 10.5. The minimum atomic E-state index is -1.00. The second-order valence-corrected chi connectivity index (χ2v) is 23.0. The van der Waals surface area contributed by atoms with Crippen LogP contribution in [0.2, 0.25) is 0 Å². The summed E-state index contributed by atoms with van der Waals surface area (Å²) in [7, 11) is 0. The highest BCUT2D eigenvalue weighted by molar-refractivity contribution is 5.91. The third kappa shape index (κ3) is 41.5. The third-order valence-corrected chi connectivity index (χ3v) is 10.5. The SMILES string of the molecule is CC(C)(C)OC(=O)NCCCC[C@@H](N)C(=O)NCCCOCc1ccccc1.CC(C)(C)OC(=O)NCCCC[C@H](NC(=O)OC(C)(C)C)C(=O)N[C@H](CCCCNC(=O)OC(C)(C)C)C(=O)NCCCOCc1ccccc1. The molecule has 0 saturated carbocycles. The molecule has 2 aromatic carbocycles. The molecule has 0 spiro atoms. The van der Waals surface area contributed by atoms with Gasteiger partial charge in [-0.25, -0.2) is 19.2 Å². The highest BCUT2D eigenvalue weighted by Gasteiger charge is 2.29. The molecule has 0 heterocycles. The van der Waals surface area contributed by atoms with Crippen molar-refractivity contribution in [2.45, 2.75) is 207 Å². The topological polar surface area (TPSA) is 285 Å². The maximum atomic E-state index is 13.6. The predicted molar refractivity (Wildman–Crippen MR) is 305 cm³/mol. The molecule has 21 nitrogen and oxygen atoms in total. The zero-order chi connectivity index (χ0) is 59.3. The Morgan fingerprint density at radius 3 is 1.10 bits per heavy atom. The number of carbonyl (C=O) groups excluding carboxylic acids is 7. The number of carbonyl (C=O) groups is 7. The average molecular weight is 1120 g/mol. The van der Waals surface area contributed by atoms with E-state index in [1.807, 2.05) is 81.4 Å². The molecule has 0 radical (unpaired) electrons. The first kappa shape index (κ1) is 70.8. The van der Waals surface area contributed by atoms with Crippen LogP contribution in [0.3, 0.4) is 0 Å². The van der Waals surface area contributed by atoms with Crippen molar-refractivity contribution in [2.24, 2.45) is 5.73 Å². The molecule has 7 amide bonds. The van der Waals surface area contributed by atoms with Crippen molar-refractivity contribution in [1.82, 2.24) is 37.2 Å². The fourth-order valence-electron chi connectivity index (χ4n) is 6.90. The zero-order valence-electron chi connectivity index (χ0n) is 49.5. The van der Waals surface area contributed by atoms with E-state index < -0.39 is 70.8 Å². The van der Waals surface area contributed by atoms with Crippen molar-refractivity contribution in [3.8, 4) is 0 Å². The Labute approximate surface area is 470 Å². The van der Waals surface area contributed by atoms with Gasteiger partial charge in [-0.15, -0.1) is 0 Å². The smallest absolute Gasteiger partial charge is 0.408 e. The van der Waals surface area contributed by atoms with E-state index in [0.29, 0.717) is 97.7 Å². The summed E-state index contributed by atoms with van der Waals surface area (Å²) < 4.78 is 32.4. The Kier molecular flexibility index (Phi) is 34.4. The van der Waals surface area contributed by atoms with Crippen molar-refractivity contribution >= 4 is 42.1 Å². The lowest BCUT2D eigenvalue weighted by Gasteiger charge is -2.25. The second kappa shape index (κ2) is 38.4. The molecule has 2 rings (SSSR count). The van der Waals surface area contributed by atoms with Gasteiger partial charge in [0, 0.05) is 45.9 Å². The van der Waals surface area contributed by atoms with Gasteiger partial charge >= 0.3 is 24.4 Å². The number of nitrogens with two attached hydrogens (primary N) is 1. The summed E-state index contributed by atoms with van der Waals surface area (Å²) in [5, 5.41) is 19.2. The van der Waals surface area contributed by atoms with E-state index in [1.165, 1.54) is 0 Å². The molecule has 79 heavy (non-hydrogen) atoms. The van der Waals surface area contributed by atoms with Gasteiger partial charge in [-0.2, -0.15) is 0 Å². The number of ether oxygens (including phenoxy) is 6. The van der Waals surface area contributed by atoms with Gasteiger partial charge in [-0.1, -0.05) is 60.7 Å². The molecule has 0 aliphatic heterocycles. The quantitative estimate of drug-likeness (QED) is 0.0253.